The molecule has 0 bridgehead atoms. The second kappa shape index (κ2) is 5.19. The topological polar surface area (TPSA) is 69.4 Å². The molecule has 0 spiro atoms. The number of hydrogen-bond donors (Lipinski definition) is 1. The largest absolute Gasteiger partial charge is 0.493 e. The summed E-state index contributed by atoms with van der Waals surface area (Å²) in [6.45, 7) is 4.69. The molecule has 4 nitrogen and oxygen atoms in total. The van der Waals surface area contributed by atoms with Crippen LogP contribution in [0.4, 0.5) is 0 Å². The Balaban J connectivity index is 2.59. The molecule has 102 valence electrons. The molecule has 0 radical (unpaired) electrons. The first-order valence-corrected chi connectivity index (χ1v) is 7.61. The molecule has 0 aliphatic heterocycles. The smallest absolute Gasteiger partial charge is 0.238 e. The van der Waals surface area contributed by atoms with Crippen LogP contribution in [0, 0.1) is 5.92 Å². The molecule has 0 saturated heterocycles. The highest BCUT2D eigenvalue weighted by Gasteiger charge is 2.14. The number of rotatable bonds is 4. The minimum Gasteiger partial charge on any atom is -0.493 e. The van der Waals surface area contributed by atoms with Crippen molar-refractivity contribution in [2.45, 2.75) is 18.7 Å². The van der Waals surface area contributed by atoms with Crippen LogP contribution in [0.25, 0.3) is 10.8 Å². The fourth-order valence-electron chi connectivity index (χ4n) is 1.87. The molecular formula is C14H17NO3S. The summed E-state index contributed by atoms with van der Waals surface area (Å²) in [6, 6.07) is 10.3. The van der Waals surface area contributed by atoms with E-state index >= 15 is 0 Å². The van der Waals surface area contributed by atoms with E-state index in [0.29, 0.717) is 23.7 Å². The average molecular weight is 279 g/mol. The van der Waals surface area contributed by atoms with Crippen LogP contribution >= 0.6 is 0 Å². The van der Waals surface area contributed by atoms with Crippen LogP contribution < -0.4 is 9.88 Å². The Morgan fingerprint density at radius 1 is 1.11 bits per heavy atom. The molecule has 0 aromatic heterocycles. The Morgan fingerprint density at radius 3 is 2.32 bits per heavy atom. The number of sulfonamides is 1. The molecule has 0 aliphatic carbocycles. The molecule has 5 heteroatoms. The van der Waals surface area contributed by atoms with Crippen molar-refractivity contribution in [1.82, 2.24) is 0 Å². The van der Waals surface area contributed by atoms with Gasteiger partial charge in [0.15, 0.2) is 0 Å². The molecule has 2 rings (SSSR count). The van der Waals surface area contributed by atoms with Crippen molar-refractivity contribution in [3.05, 3.63) is 36.4 Å². The first-order chi connectivity index (χ1) is 8.89. The monoisotopic (exact) mass is 279 g/mol. The van der Waals surface area contributed by atoms with Gasteiger partial charge in [0.05, 0.1) is 11.5 Å². The van der Waals surface area contributed by atoms with E-state index in [1.165, 1.54) is 6.07 Å². The van der Waals surface area contributed by atoms with Gasteiger partial charge in [-0.15, -0.1) is 0 Å². The highest BCUT2D eigenvalue weighted by atomic mass is 32.2. The summed E-state index contributed by atoms with van der Waals surface area (Å²) < 4.78 is 28.8. The van der Waals surface area contributed by atoms with Crippen molar-refractivity contribution < 1.29 is 13.2 Å². The van der Waals surface area contributed by atoms with E-state index in [1.807, 2.05) is 12.1 Å². The number of hydrogen-bond acceptors (Lipinski definition) is 3. The summed E-state index contributed by atoms with van der Waals surface area (Å²) in [5.74, 6) is 1.08. The molecule has 2 aromatic rings. The Hall–Kier alpha value is -1.59. The summed E-state index contributed by atoms with van der Waals surface area (Å²) in [7, 11) is -3.73. The van der Waals surface area contributed by atoms with Crippen molar-refractivity contribution in [2.24, 2.45) is 11.1 Å². The number of nitrogens with two attached hydrogens (primary N) is 1. The van der Waals surface area contributed by atoms with Gasteiger partial charge in [0, 0.05) is 10.8 Å². The first kappa shape index (κ1) is 13.8. The van der Waals surface area contributed by atoms with Gasteiger partial charge in [-0.05, 0) is 18.1 Å². The maximum atomic E-state index is 11.6. The lowest BCUT2D eigenvalue weighted by Crippen LogP contribution is -2.13. The number of ether oxygens (including phenoxy) is 1. The standard InChI is InChI=1S/C14H17NO3S/c1-10(2)9-18-13-7-8-14(19(15,16)17)12-6-4-3-5-11(12)13/h3-8,10H,9H2,1-2H3,(H2,15,16,17). The average Bonchev–Trinajstić information content (AvgIpc) is 2.34. The molecule has 0 saturated carbocycles. The van der Waals surface area contributed by atoms with Crippen LogP contribution in [0.1, 0.15) is 13.8 Å². The van der Waals surface area contributed by atoms with Gasteiger partial charge < -0.3 is 4.74 Å². The lowest BCUT2D eigenvalue weighted by molar-refractivity contribution is 0.274. The molecule has 0 unspecified atom stereocenters. The molecule has 0 amide bonds. The maximum absolute atomic E-state index is 11.6. The quantitative estimate of drug-likeness (QED) is 0.935. The van der Waals surface area contributed by atoms with Crippen LogP contribution in [0.2, 0.25) is 0 Å². The number of primary sulfonamides is 1. The Kier molecular flexibility index (Phi) is 3.78. The Labute approximate surface area is 113 Å². The van der Waals surface area contributed by atoms with Crippen molar-refractivity contribution >= 4 is 20.8 Å². The van der Waals surface area contributed by atoms with Gasteiger partial charge in [-0.1, -0.05) is 38.1 Å². The summed E-state index contributed by atoms with van der Waals surface area (Å²) in [5, 5.41) is 6.57. The second-order valence-electron chi connectivity index (χ2n) is 4.86. The second-order valence-corrected chi connectivity index (χ2v) is 6.39. The van der Waals surface area contributed by atoms with E-state index in [-0.39, 0.29) is 4.90 Å². The van der Waals surface area contributed by atoms with E-state index in [0.717, 1.165) is 5.39 Å². The number of benzene rings is 2. The van der Waals surface area contributed by atoms with Crippen LogP contribution in [0.15, 0.2) is 41.3 Å². The van der Waals surface area contributed by atoms with Crippen LogP contribution in [-0.4, -0.2) is 15.0 Å². The van der Waals surface area contributed by atoms with Crippen molar-refractivity contribution in [1.29, 1.82) is 0 Å². The SMILES string of the molecule is CC(C)COc1ccc(S(N)(=O)=O)c2ccccc12. The van der Waals surface area contributed by atoms with Gasteiger partial charge in [0.1, 0.15) is 5.75 Å². The summed E-state index contributed by atoms with van der Waals surface area (Å²) >= 11 is 0. The fourth-order valence-corrected chi connectivity index (χ4v) is 2.62. The lowest BCUT2D eigenvalue weighted by Gasteiger charge is -2.13. The van der Waals surface area contributed by atoms with E-state index in [9.17, 15) is 8.42 Å². The molecule has 0 aliphatic rings. The highest BCUT2D eigenvalue weighted by molar-refractivity contribution is 7.89. The lowest BCUT2D eigenvalue weighted by atomic mass is 10.1. The molecule has 19 heavy (non-hydrogen) atoms. The fraction of sp³-hybridized carbons (Fsp3) is 0.286. The van der Waals surface area contributed by atoms with Crippen molar-refractivity contribution in [2.75, 3.05) is 6.61 Å². The Morgan fingerprint density at radius 2 is 1.74 bits per heavy atom. The first-order valence-electron chi connectivity index (χ1n) is 6.07. The maximum Gasteiger partial charge on any atom is 0.238 e. The highest BCUT2D eigenvalue weighted by Crippen LogP contribution is 2.30. The van der Waals surface area contributed by atoms with Gasteiger partial charge >= 0.3 is 0 Å². The molecular weight excluding hydrogens is 262 g/mol. The molecule has 2 N–H and O–H groups in total. The van der Waals surface area contributed by atoms with Crippen LogP contribution in [-0.2, 0) is 10.0 Å². The zero-order chi connectivity index (χ0) is 14.0. The number of fused-ring (bicyclic) bond motifs is 1. The van der Waals surface area contributed by atoms with Crippen LogP contribution in [0.3, 0.4) is 0 Å². The van der Waals surface area contributed by atoms with E-state index in [4.69, 9.17) is 9.88 Å². The van der Waals surface area contributed by atoms with E-state index < -0.39 is 10.0 Å². The minimum absolute atomic E-state index is 0.125. The summed E-state index contributed by atoms with van der Waals surface area (Å²) in [4.78, 5) is 0.125. The van der Waals surface area contributed by atoms with Crippen molar-refractivity contribution in [3.63, 3.8) is 0 Å². The summed E-state index contributed by atoms with van der Waals surface area (Å²) in [6.07, 6.45) is 0. The van der Waals surface area contributed by atoms with E-state index in [2.05, 4.69) is 13.8 Å². The van der Waals surface area contributed by atoms with Gasteiger partial charge in [-0.2, -0.15) is 0 Å². The molecule has 2 aromatic carbocycles. The van der Waals surface area contributed by atoms with Crippen LogP contribution in [0.5, 0.6) is 5.75 Å². The third-order valence-electron chi connectivity index (χ3n) is 2.72. The van der Waals surface area contributed by atoms with Gasteiger partial charge in [-0.3, -0.25) is 0 Å². The normalized spacial score (nSPS) is 12.0. The molecule has 0 heterocycles. The van der Waals surface area contributed by atoms with Gasteiger partial charge in [-0.25, -0.2) is 13.6 Å². The zero-order valence-electron chi connectivity index (χ0n) is 11.0. The van der Waals surface area contributed by atoms with Gasteiger partial charge in [0.2, 0.25) is 10.0 Å². The minimum atomic E-state index is -3.73. The zero-order valence-corrected chi connectivity index (χ0v) is 11.8. The molecule has 0 fully saturated rings. The predicted molar refractivity (Wildman–Crippen MR) is 75.7 cm³/mol. The summed E-state index contributed by atoms with van der Waals surface area (Å²) in [5.41, 5.74) is 0. The van der Waals surface area contributed by atoms with Crippen molar-refractivity contribution in [3.8, 4) is 5.75 Å². The third-order valence-corrected chi connectivity index (χ3v) is 3.69. The predicted octanol–water partition coefficient (Wildman–Crippen LogP) is 2.52. The van der Waals surface area contributed by atoms with Gasteiger partial charge in [0.25, 0.3) is 0 Å². The third kappa shape index (κ3) is 3.05. The molecule has 0 atom stereocenters. The Bertz CT molecular complexity index is 693. The van der Waals surface area contributed by atoms with E-state index in [1.54, 1.807) is 18.2 Å².